The smallest absolute Gasteiger partial charge is 0.339 e. The molecule has 1 aromatic carbocycles. The van der Waals surface area contributed by atoms with E-state index in [-0.39, 0.29) is 5.56 Å². The molecule has 1 aromatic heterocycles. The third kappa shape index (κ3) is 3.15. The van der Waals surface area contributed by atoms with Crippen LogP contribution >= 0.6 is 0 Å². The van der Waals surface area contributed by atoms with Crippen LogP contribution in [0.1, 0.15) is 30.1 Å². The molecule has 0 saturated carbocycles. The molecule has 0 atom stereocenters. The largest absolute Gasteiger partial charge is 0.478 e. The van der Waals surface area contributed by atoms with Crippen molar-refractivity contribution in [2.45, 2.75) is 19.8 Å². The Kier molecular flexibility index (Phi) is 4.71. The Morgan fingerprint density at radius 2 is 2.00 bits per heavy atom. The zero-order chi connectivity index (χ0) is 14.4. The number of carboxylic acids is 1. The molecule has 0 spiro atoms. The highest BCUT2D eigenvalue weighted by molar-refractivity contribution is 5.95. The molecule has 2 rings (SSSR count). The minimum Gasteiger partial charge on any atom is -0.478 e. The maximum absolute atomic E-state index is 11.4. The maximum atomic E-state index is 11.4. The highest BCUT2D eigenvalue weighted by atomic mass is 16.4. The van der Waals surface area contributed by atoms with E-state index >= 15 is 0 Å². The van der Waals surface area contributed by atoms with Crippen LogP contribution in [-0.4, -0.2) is 22.6 Å². The summed E-state index contributed by atoms with van der Waals surface area (Å²) in [5, 5.41) is 9.32. The van der Waals surface area contributed by atoms with Crippen LogP contribution in [0.3, 0.4) is 0 Å². The number of para-hydroxylation sites is 1. The summed E-state index contributed by atoms with van der Waals surface area (Å²) in [7, 11) is 0. The van der Waals surface area contributed by atoms with Crippen LogP contribution < -0.4 is 4.90 Å². The quantitative estimate of drug-likeness (QED) is 0.869. The summed E-state index contributed by atoms with van der Waals surface area (Å²) in [6, 6.07) is 11.6. The van der Waals surface area contributed by atoms with Gasteiger partial charge in [0, 0.05) is 24.6 Å². The second-order valence-electron chi connectivity index (χ2n) is 4.54. The molecule has 4 heteroatoms. The third-order valence-electron chi connectivity index (χ3n) is 3.12. The number of aromatic nitrogens is 1. The van der Waals surface area contributed by atoms with Gasteiger partial charge in [-0.15, -0.1) is 0 Å². The van der Waals surface area contributed by atoms with Gasteiger partial charge in [-0.25, -0.2) is 4.79 Å². The average molecular weight is 270 g/mol. The summed E-state index contributed by atoms with van der Waals surface area (Å²) < 4.78 is 0. The predicted molar refractivity (Wildman–Crippen MR) is 79.6 cm³/mol. The molecular weight excluding hydrogens is 252 g/mol. The van der Waals surface area contributed by atoms with Gasteiger partial charge in [-0.05, 0) is 24.6 Å². The van der Waals surface area contributed by atoms with Crippen molar-refractivity contribution in [3.8, 4) is 0 Å². The molecule has 0 amide bonds. The highest BCUT2D eigenvalue weighted by Crippen LogP contribution is 2.28. The lowest BCUT2D eigenvalue weighted by Gasteiger charge is -2.26. The molecule has 1 N–H and O–H groups in total. The van der Waals surface area contributed by atoms with Crippen LogP contribution in [0.5, 0.6) is 0 Å². The second-order valence-corrected chi connectivity index (χ2v) is 4.54. The molecule has 0 aliphatic heterocycles. The third-order valence-corrected chi connectivity index (χ3v) is 3.12. The van der Waals surface area contributed by atoms with E-state index in [2.05, 4.69) is 11.9 Å². The number of pyridine rings is 1. The van der Waals surface area contributed by atoms with E-state index < -0.39 is 5.97 Å². The Morgan fingerprint density at radius 3 is 2.65 bits per heavy atom. The first-order chi connectivity index (χ1) is 9.74. The number of hydrogen-bond acceptors (Lipinski definition) is 3. The van der Waals surface area contributed by atoms with Gasteiger partial charge in [-0.3, -0.25) is 4.98 Å². The molecule has 0 saturated heterocycles. The van der Waals surface area contributed by atoms with Crippen LogP contribution in [0.4, 0.5) is 11.4 Å². The number of nitrogens with zero attached hydrogens (tertiary/aromatic N) is 2. The molecule has 4 nitrogen and oxygen atoms in total. The van der Waals surface area contributed by atoms with E-state index in [0.717, 1.165) is 25.1 Å². The lowest BCUT2D eigenvalue weighted by molar-refractivity contribution is 0.0697. The molecule has 104 valence electrons. The number of unbranched alkanes of at least 4 members (excludes halogenated alkanes) is 1. The van der Waals surface area contributed by atoms with Gasteiger partial charge in [0.15, 0.2) is 0 Å². The summed E-state index contributed by atoms with van der Waals surface area (Å²) in [5.74, 6) is -0.953. The first-order valence-corrected chi connectivity index (χ1v) is 6.74. The molecule has 0 unspecified atom stereocenters. The van der Waals surface area contributed by atoms with Crippen molar-refractivity contribution < 1.29 is 9.90 Å². The predicted octanol–water partition coefficient (Wildman–Crippen LogP) is 3.72. The molecule has 1 heterocycles. The minimum absolute atomic E-state index is 0.229. The van der Waals surface area contributed by atoms with E-state index in [1.165, 1.54) is 6.20 Å². The minimum atomic E-state index is -0.953. The van der Waals surface area contributed by atoms with Gasteiger partial charge in [0.05, 0.1) is 5.69 Å². The molecule has 20 heavy (non-hydrogen) atoms. The van der Waals surface area contributed by atoms with Crippen molar-refractivity contribution in [2.75, 3.05) is 11.4 Å². The van der Waals surface area contributed by atoms with Crippen LogP contribution in [-0.2, 0) is 0 Å². The summed E-state index contributed by atoms with van der Waals surface area (Å²) in [5.41, 5.74) is 1.91. The Balaban J connectivity index is 2.44. The molecular formula is C16H18N2O2. The van der Waals surface area contributed by atoms with Crippen LogP contribution in [0, 0.1) is 0 Å². The van der Waals surface area contributed by atoms with Gasteiger partial charge in [0.25, 0.3) is 0 Å². The summed E-state index contributed by atoms with van der Waals surface area (Å²) in [6.07, 6.45) is 5.08. The zero-order valence-electron chi connectivity index (χ0n) is 11.5. The fraction of sp³-hybridized carbons (Fsp3) is 0.250. The van der Waals surface area contributed by atoms with Gasteiger partial charge in [-0.2, -0.15) is 0 Å². The van der Waals surface area contributed by atoms with Crippen LogP contribution in [0.25, 0.3) is 0 Å². The zero-order valence-corrected chi connectivity index (χ0v) is 11.5. The van der Waals surface area contributed by atoms with Gasteiger partial charge in [0.2, 0.25) is 0 Å². The van der Waals surface area contributed by atoms with Crippen LogP contribution in [0.15, 0.2) is 48.8 Å². The number of carboxylic acid groups (broad SMARTS) is 1. The van der Waals surface area contributed by atoms with E-state index in [1.807, 2.05) is 35.2 Å². The van der Waals surface area contributed by atoms with Crippen molar-refractivity contribution in [1.29, 1.82) is 0 Å². The average Bonchev–Trinajstić information content (AvgIpc) is 2.49. The maximum Gasteiger partial charge on any atom is 0.339 e. The highest BCUT2D eigenvalue weighted by Gasteiger charge is 2.17. The van der Waals surface area contributed by atoms with Crippen LogP contribution in [0.2, 0.25) is 0 Å². The molecule has 0 bridgehead atoms. The van der Waals surface area contributed by atoms with E-state index in [0.29, 0.717) is 5.69 Å². The van der Waals surface area contributed by atoms with E-state index in [4.69, 9.17) is 0 Å². The van der Waals surface area contributed by atoms with Crippen molar-refractivity contribution in [3.05, 3.63) is 54.4 Å². The Hall–Kier alpha value is -2.36. The Bertz CT molecular complexity index is 570. The summed E-state index contributed by atoms with van der Waals surface area (Å²) >= 11 is 0. The number of anilines is 2. The monoisotopic (exact) mass is 270 g/mol. The fourth-order valence-corrected chi connectivity index (χ4v) is 2.10. The van der Waals surface area contributed by atoms with Crippen molar-refractivity contribution >= 4 is 17.3 Å². The fourth-order valence-electron chi connectivity index (χ4n) is 2.10. The topological polar surface area (TPSA) is 53.4 Å². The lowest BCUT2D eigenvalue weighted by atomic mass is 10.1. The molecule has 2 aromatic rings. The van der Waals surface area contributed by atoms with Gasteiger partial charge < -0.3 is 10.0 Å². The first-order valence-electron chi connectivity index (χ1n) is 6.74. The number of carbonyl (C=O) groups is 1. The van der Waals surface area contributed by atoms with Gasteiger partial charge in [0.1, 0.15) is 5.56 Å². The number of rotatable bonds is 6. The van der Waals surface area contributed by atoms with E-state index in [1.54, 1.807) is 12.3 Å². The standard InChI is InChI=1S/C16H18N2O2/c1-2-3-11-18(13-7-5-4-6-8-13)15-9-10-17-12-14(15)16(19)20/h4-10,12H,2-3,11H2,1H3,(H,19,20). The van der Waals surface area contributed by atoms with Gasteiger partial charge in [-0.1, -0.05) is 31.5 Å². The van der Waals surface area contributed by atoms with Crippen molar-refractivity contribution in [3.63, 3.8) is 0 Å². The molecule has 0 aliphatic carbocycles. The number of hydrogen-bond donors (Lipinski definition) is 1. The van der Waals surface area contributed by atoms with Crippen molar-refractivity contribution in [2.24, 2.45) is 0 Å². The summed E-state index contributed by atoms with van der Waals surface area (Å²) in [4.78, 5) is 17.3. The SMILES string of the molecule is CCCCN(c1ccccc1)c1ccncc1C(=O)O. The summed E-state index contributed by atoms with van der Waals surface area (Å²) in [6.45, 7) is 2.90. The molecule has 0 fully saturated rings. The molecule has 0 aliphatic rings. The number of aromatic carboxylic acids is 1. The normalized spacial score (nSPS) is 10.2. The number of benzene rings is 1. The molecule has 0 radical (unpaired) electrons. The Morgan fingerprint density at radius 1 is 1.25 bits per heavy atom. The van der Waals surface area contributed by atoms with Gasteiger partial charge >= 0.3 is 5.97 Å². The first kappa shape index (κ1) is 14.1. The second kappa shape index (κ2) is 6.70. The van der Waals surface area contributed by atoms with Crippen molar-refractivity contribution in [1.82, 2.24) is 4.98 Å². The van der Waals surface area contributed by atoms with E-state index in [9.17, 15) is 9.90 Å². The Labute approximate surface area is 118 Å². The lowest BCUT2D eigenvalue weighted by Crippen LogP contribution is -2.21.